The zero-order valence-electron chi connectivity index (χ0n) is 16.7. The predicted octanol–water partition coefficient (Wildman–Crippen LogP) is 3.59. The molecule has 0 saturated heterocycles. The monoisotopic (exact) mass is 413 g/mol. The third-order valence-corrected chi connectivity index (χ3v) is 5.10. The van der Waals surface area contributed by atoms with E-state index in [0.717, 1.165) is 16.6 Å². The topological polar surface area (TPSA) is 73.1 Å². The van der Waals surface area contributed by atoms with Gasteiger partial charge in [-0.05, 0) is 55.7 Å². The lowest BCUT2D eigenvalue weighted by Gasteiger charge is -2.21. The number of fused-ring (bicyclic) bond motifs is 1. The minimum absolute atomic E-state index is 0.257. The van der Waals surface area contributed by atoms with Gasteiger partial charge in [0.15, 0.2) is 0 Å². The average Bonchev–Trinajstić information content (AvgIpc) is 2.69. The Kier molecular flexibility index (Phi) is 6.23. The van der Waals surface area contributed by atoms with Crippen molar-refractivity contribution in [3.05, 3.63) is 73.9 Å². The van der Waals surface area contributed by atoms with Crippen LogP contribution in [0.3, 0.4) is 0 Å². The van der Waals surface area contributed by atoms with Crippen molar-refractivity contribution in [1.82, 2.24) is 14.5 Å². The summed E-state index contributed by atoms with van der Waals surface area (Å²) in [4.78, 5) is 39.5. The molecule has 1 heterocycles. The van der Waals surface area contributed by atoms with E-state index >= 15 is 0 Å². The van der Waals surface area contributed by atoms with Crippen molar-refractivity contribution in [1.29, 1.82) is 0 Å². The molecule has 7 heteroatoms. The van der Waals surface area contributed by atoms with Gasteiger partial charge in [-0.25, -0.2) is 9.36 Å². The van der Waals surface area contributed by atoms with Crippen molar-refractivity contribution in [2.45, 2.75) is 39.7 Å². The van der Waals surface area contributed by atoms with Gasteiger partial charge in [0.1, 0.15) is 6.04 Å². The molecule has 0 saturated carbocycles. The van der Waals surface area contributed by atoms with Crippen LogP contribution in [0.5, 0.6) is 0 Å². The van der Waals surface area contributed by atoms with Gasteiger partial charge in [-0.3, -0.25) is 14.2 Å². The summed E-state index contributed by atoms with van der Waals surface area (Å²) in [6.07, 6.45) is 1.18. The normalized spacial score (nSPS) is 12.1. The van der Waals surface area contributed by atoms with Gasteiger partial charge in [-0.2, -0.15) is 0 Å². The van der Waals surface area contributed by atoms with Gasteiger partial charge < -0.3 is 5.32 Å². The van der Waals surface area contributed by atoms with E-state index in [1.807, 2.05) is 26.8 Å². The van der Waals surface area contributed by atoms with Crippen molar-refractivity contribution >= 4 is 28.4 Å². The SMILES string of the molecule is CCCNC(=O)[C@H](CC)n1c(=O)n(-c2cccc(C)c2)c(=O)c2ccc(Cl)cc21. The molecule has 0 fully saturated rings. The molecule has 3 rings (SSSR count). The Morgan fingerprint density at radius 2 is 1.90 bits per heavy atom. The second kappa shape index (κ2) is 8.66. The number of benzene rings is 2. The molecule has 0 unspecified atom stereocenters. The Hall–Kier alpha value is -2.86. The number of aryl methyl sites for hydroxylation is 1. The van der Waals surface area contributed by atoms with Crippen LogP contribution < -0.4 is 16.6 Å². The second-order valence-corrected chi connectivity index (χ2v) is 7.45. The van der Waals surface area contributed by atoms with E-state index in [-0.39, 0.29) is 5.91 Å². The summed E-state index contributed by atoms with van der Waals surface area (Å²) in [6.45, 7) is 6.20. The predicted molar refractivity (Wildman–Crippen MR) is 116 cm³/mol. The van der Waals surface area contributed by atoms with Crippen LogP contribution in [-0.4, -0.2) is 21.6 Å². The highest BCUT2D eigenvalue weighted by Crippen LogP contribution is 2.21. The first-order valence-electron chi connectivity index (χ1n) is 9.70. The van der Waals surface area contributed by atoms with Gasteiger partial charge in [0, 0.05) is 11.6 Å². The second-order valence-electron chi connectivity index (χ2n) is 7.01. The molecule has 3 aromatic rings. The van der Waals surface area contributed by atoms with Gasteiger partial charge in [0.2, 0.25) is 5.91 Å². The molecular weight excluding hydrogens is 390 g/mol. The van der Waals surface area contributed by atoms with E-state index in [1.165, 1.54) is 4.57 Å². The summed E-state index contributed by atoms with van der Waals surface area (Å²) in [7, 11) is 0. The van der Waals surface area contributed by atoms with Gasteiger partial charge in [0.25, 0.3) is 5.56 Å². The van der Waals surface area contributed by atoms with Gasteiger partial charge in [0.05, 0.1) is 16.6 Å². The number of carbonyl (C=O) groups is 1. The van der Waals surface area contributed by atoms with Crippen LogP contribution in [0.4, 0.5) is 0 Å². The van der Waals surface area contributed by atoms with Crippen molar-refractivity contribution in [3.63, 3.8) is 0 Å². The summed E-state index contributed by atoms with van der Waals surface area (Å²) < 4.78 is 2.51. The van der Waals surface area contributed by atoms with Gasteiger partial charge in [-0.1, -0.05) is 37.6 Å². The standard InChI is InChI=1S/C22H24ClN3O3/c1-4-11-24-20(27)18(5-2)26-19-13-15(23)9-10-17(19)21(28)25(22(26)29)16-8-6-7-14(3)12-16/h6-10,12-13,18H,4-5,11H2,1-3H3,(H,24,27)/t18-/m0/s1. The Bertz CT molecular complexity index is 1180. The van der Waals surface area contributed by atoms with E-state index in [9.17, 15) is 14.4 Å². The minimum atomic E-state index is -0.758. The number of halogens is 1. The number of aromatic nitrogens is 2. The minimum Gasteiger partial charge on any atom is -0.354 e. The molecule has 1 amide bonds. The quantitative estimate of drug-likeness (QED) is 0.671. The van der Waals surface area contributed by atoms with Crippen LogP contribution in [0.25, 0.3) is 16.6 Å². The van der Waals surface area contributed by atoms with Crippen molar-refractivity contribution in [2.24, 2.45) is 0 Å². The number of hydrogen-bond acceptors (Lipinski definition) is 3. The Morgan fingerprint density at radius 1 is 1.14 bits per heavy atom. The first-order valence-corrected chi connectivity index (χ1v) is 10.1. The number of carbonyl (C=O) groups excluding carboxylic acids is 1. The summed E-state index contributed by atoms with van der Waals surface area (Å²) in [6, 6.07) is 11.2. The highest BCUT2D eigenvalue weighted by molar-refractivity contribution is 6.31. The average molecular weight is 414 g/mol. The summed E-state index contributed by atoms with van der Waals surface area (Å²) in [5.41, 5.74) is 0.745. The fourth-order valence-electron chi connectivity index (χ4n) is 3.45. The van der Waals surface area contributed by atoms with Crippen LogP contribution in [0.1, 0.15) is 38.3 Å². The largest absolute Gasteiger partial charge is 0.354 e. The van der Waals surface area contributed by atoms with E-state index in [1.54, 1.807) is 36.4 Å². The number of amides is 1. The van der Waals surface area contributed by atoms with Crippen LogP contribution in [0, 0.1) is 6.92 Å². The fourth-order valence-corrected chi connectivity index (χ4v) is 3.62. The third-order valence-electron chi connectivity index (χ3n) is 4.86. The zero-order valence-corrected chi connectivity index (χ0v) is 17.5. The van der Waals surface area contributed by atoms with E-state index in [0.29, 0.717) is 34.6 Å². The van der Waals surface area contributed by atoms with E-state index in [4.69, 9.17) is 11.6 Å². The molecule has 0 aliphatic heterocycles. The highest BCUT2D eigenvalue weighted by Gasteiger charge is 2.25. The van der Waals surface area contributed by atoms with Crippen LogP contribution in [-0.2, 0) is 4.79 Å². The first kappa shape index (κ1) is 20.9. The smallest absolute Gasteiger partial charge is 0.336 e. The number of hydrogen-bond donors (Lipinski definition) is 1. The Labute approximate surface area is 173 Å². The maximum Gasteiger partial charge on any atom is 0.336 e. The van der Waals surface area contributed by atoms with Crippen molar-refractivity contribution in [2.75, 3.05) is 6.54 Å². The van der Waals surface area contributed by atoms with Gasteiger partial charge >= 0.3 is 5.69 Å². The maximum atomic E-state index is 13.5. The lowest BCUT2D eigenvalue weighted by Crippen LogP contribution is -2.44. The molecule has 152 valence electrons. The number of rotatable bonds is 6. The fraction of sp³-hybridized carbons (Fsp3) is 0.318. The highest BCUT2D eigenvalue weighted by atomic mass is 35.5. The Morgan fingerprint density at radius 3 is 2.55 bits per heavy atom. The molecule has 0 aliphatic carbocycles. The molecular formula is C22H24ClN3O3. The molecule has 6 nitrogen and oxygen atoms in total. The summed E-state index contributed by atoms with van der Waals surface area (Å²) >= 11 is 6.16. The summed E-state index contributed by atoms with van der Waals surface area (Å²) in [5, 5.41) is 3.57. The molecule has 29 heavy (non-hydrogen) atoms. The molecule has 1 N–H and O–H groups in total. The first-order chi connectivity index (χ1) is 13.9. The van der Waals surface area contributed by atoms with Crippen molar-refractivity contribution in [3.8, 4) is 5.69 Å². The molecule has 0 spiro atoms. The molecule has 0 bridgehead atoms. The number of nitrogens with one attached hydrogen (secondary N) is 1. The molecule has 0 aliphatic rings. The van der Waals surface area contributed by atoms with E-state index < -0.39 is 17.3 Å². The maximum absolute atomic E-state index is 13.5. The van der Waals surface area contributed by atoms with Crippen LogP contribution in [0.2, 0.25) is 5.02 Å². The zero-order chi connectivity index (χ0) is 21.1. The number of nitrogens with zero attached hydrogens (tertiary/aromatic N) is 2. The Balaban J connectivity index is 2.38. The summed E-state index contributed by atoms with van der Waals surface area (Å²) in [5.74, 6) is -0.257. The molecule has 0 radical (unpaired) electrons. The van der Waals surface area contributed by atoms with Gasteiger partial charge in [-0.15, -0.1) is 0 Å². The molecule has 1 aromatic heterocycles. The van der Waals surface area contributed by atoms with E-state index in [2.05, 4.69) is 5.32 Å². The molecule has 2 aromatic carbocycles. The van der Waals surface area contributed by atoms with Crippen molar-refractivity contribution < 1.29 is 4.79 Å². The molecule has 1 atom stereocenters. The van der Waals surface area contributed by atoms with Crippen LogP contribution >= 0.6 is 11.6 Å². The lowest BCUT2D eigenvalue weighted by atomic mass is 10.1. The van der Waals surface area contributed by atoms with Crippen LogP contribution in [0.15, 0.2) is 52.1 Å². The third kappa shape index (κ3) is 3.98. The lowest BCUT2D eigenvalue weighted by molar-refractivity contribution is -0.124.